The third kappa shape index (κ3) is 4.38. The Hall–Kier alpha value is -2.76. The molecule has 21 heavy (non-hydrogen) atoms. The topological polar surface area (TPSA) is 89.3 Å². The Balaban J connectivity index is 2.09. The Morgan fingerprint density at radius 3 is 2.71 bits per heavy atom. The van der Waals surface area contributed by atoms with Gasteiger partial charge in [0, 0.05) is 6.54 Å². The number of ether oxygens (including phenoxy) is 1. The van der Waals surface area contributed by atoms with Crippen LogP contribution in [-0.2, 0) is 11.3 Å². The lowest BCUT2D eigenvalue weighted by Crippen LogP contribution is -2.15. The van der Waals surface area contributed by atoms with Gasteiger partial charge in [-0.15, -0.1) is 0 Å². The third-order valence-corrected chi connectivity index (χ3v) is 2.73. The fraction of sp³-hybridized carbons (Fsp3) is 0.200. The van der Waals surface area contributed by atoms with Crippen LogP contribution in [0.2, 0.25) is 0 Å². The molecule has 1 aromatic carbocycles. The molecule has 0 saturated carbocycles. The van der Waals surface area contributed by atoms with Gasteiger partial charge in [0.15, 0.2) is 5.82 Å². The summed E-state index contributed by atoms with van der Waals surface area (Å²) in [6.07, 6.45) is -0.521. The number of nitrogen functional groups attached to an aromatic ring is 1. The minimum absolute atomic E-state index is 0.307. The highest BCUT2D eigenvalue weighted by atomic mass is 16.5. The van der Waals surface area contributed by atoms with E-state index in [4.69, 9.17) is 10.5 Å². The highest BCUT2D eigenvalue weighted by Crippen LogP contribution is 2.21. The molecule has 1 heterocycles. The summed E-state index contributed by atoms with van der Waals surface area (Å²) >= 11 is 0. The molecule has 0 bridgehead atoms. The van der Waals surface area contributed by atoms with Crippen LogP contribution < -0.4 is 16.4 Å². The zero-order chi connectivity index (χ0) is 15.1. The number of nitrogens with two attached hydrogens (primary N) is 1. The molecule has 2 aromatic rings. The molecule has 0 unspecified atom stereocenters. The Kier molecular flexibility index (Phi) is 4.98. The molecule has 110 valence electrons. The molecule has 4 N–H and O–H groups in total. The van der Waals surface area contributed by atoms with Crippen LogP contribution in [-0.4, -0.2) is 17.7 Å². The number of rotatable bonds is 5. The van der Waals surface area contributed by atoms with Crippen LogP contribution in [0, 0.1) is 0 Å². The number of benzene rings is 1. The van der Waals surface area contributed by atoms with Crippen molar-refractivity contribution < 1.29 is 9.53 Å². The zero-order valence-corrected chi connectivity index (χ0v) is 11.8. The van der Waals surface area contributed by atoms with Gasteiger partial charge in [0.2, 0.25) is 0 Å². The molecular formula is C15H18N4O2. The fourth-order valence-electron chi connectivity index (χ4n) is 1.77. The van der Waals surface area contributed by atoms with E-state index in [0.29, 0.717) is 30.5 Å². The summed E-state index contributed by atoms with van der Waals surface area (Å²) in [5.74, 6) is 0.881. The standard InChI is InChI=1S/C15H18N4O2/c1-2-21-15(20)18-12-8-9-13(16)19-14(12)17-10-11-6-4-3-5-7-11/h3-9H,2,10H2,1H3,(H,18,20)(H3,16,17,19). The van der Waals surface area contributed by atoms with Gasteiger partial charge in [0.25, 0.3) is 0 Å². The summed E-state index contributed by atoms with van der Waals surface area (Å²) in [6.45, 7) is 2.63. The number of hydrogen-bond donors (Lipinski definition) is 3. The first-order valence-corrected chi connectivity index (χ1v) is 6.67. The van der Waals surface area contributed by atoms with Crippen LogP contribution >= 0.6 is 0 Å². The van der Waals surface area contributed by atoms with Crippen molar-refractivity contribution in [1.82, 2.24) is 4.98 Å². The van der Waals surface area contributed by atoms with E-state index in [1.807, 2.05) is 30.3 Å². The first kappa shape index (κ1) is 14.6. The fourth-order valence-corrected chi connectivity index (χ4v) is 1.77. The van der Waals surface area contributed by atoms with Crippen molar-refractivity contribution >= 4 is 23.4 Å². The number of pyridine rings is 1. The molecule has 0 saturated heterocycles. The maximum Gasteiger partial charge on any atom is 0.411 e. The number of carbonyl (C=O) groups excluding carboxylic acids is 1. The molecule has 0 aliphatic rings. The van der Waals surface area contributed by atoms with Crippen LogP contribution in [0.5, 0.6) is 0 Å². The van der Waals surface area contributed by atoms with E-state index < -0.39 is 6.09 Å². The molecule has 0 radical (unpaired) electrons. The summed E-state index contributed by atoms with van der Waals surface area (Å²) in [7, 11) is 0. The van der Waals surface area contributed by atoms with Crippen LogP contribution in [0.1, 0.15) is 12.5 Å². The van der Waals surface area contributed by atoms with E-state index in [1.165, 1.54) is 0 Å². The Bertz CT molecular complexity index is 602. The lowest BCUT2D eigenvalue weighted by Gasteiger charge is -2.12. The number of carbonyl (C=O) groups is 1. The molecule has 6 heteroatoms. The van der Waals surface area contributed by atoms with Crippen molar-refractivity contribution in [3.63, 3.8) is 0 Å². The summed E-state index contributed by atoms with van der Waals surface area (Å²) in [6, 6.07) is 13.2. The third-order valence-electron chi connectivity index (χ3n) is 2.73. The van der Waals surface area contributed by atoms with Crippen molar-refractivity contribution in [3.05, 3.63) is 48.0 Å². The predicted octanol–water partition coefficient (Wildman–Crippen LogP) is 2.84. The SMILES string of the molecule is CCOC(=O)Nc1ccc(N)nc1NCc1ccccc1. The molecule has 0 aliphatic heterocycles. The smallest absolute Gasteiger partial charge is 0.411 e. The van der Waals surface area contributed by atoms with Crippen LogP contribution in [0.15, 0.2) is 42.5 Å². The van der Waals surface area contributed by atoms with E-state index in [-0.39, 0.29) is 0 Å². The molecule has 1 amide bonds. The van der Waals surface area contributed by atoms with E-state index in [0.717, 1.165) is 5.56 Å². The van der Waals surface area contributed by atoms with Crippen LogP contribution in [0.4, 0.5) is 22.1 Å². The number of aromatic nitrogens is 1. The lowest BCUT2D eigenvalue weighted by atomic mass is 10.2. The van der Waals surface area contributed by atoms with Gasteiger partial charge in [-0.1, -0.05) is 30.3 Å². The minimum Gasteiger partial charge on any atom is -0.450 e. The summed E-state index contributed by atoms with van der Waals surface area (Å²) in [5, 5.41) is 5.79. The number of anilines is 3. The van der Waals surface area contributed by atoms with Gasteiger partial charge in [0.05, 0.1) is 12.3 Å². The molecule has 6 nitrogen and oxygen atoms in total. The molecule has 0 aliphatic carbocycles. The van der Waals surface area contributed by atoms with Gasteiger partial charge in [0.1, 0.15) is 5.82 Å². The zero-order valence-electron chi connectivity index (χ0n) is 11.8. The number of nitrogens with one attached hydrogen (secondary N) is 2. The Morgan fingerprint density at radius 1 is 1.24 bits per heavy atom. The summed E-state index contributed by atoms with van der Waals surface area (Å²) in [4.78, 5) is 15.7. The second kappa shape index (κ2) is 7.14. The van der Waals surface area contributed by atoms with Crippen molar-refractivity contribution in [3.8, 4) is 0 Å². The second-order valence-electron chi connectivity index (χ2n) is 4.32. The van der Waals surface area contributed by atoms with Gasteiger partial charge in [-0.3, -0.25) is 5.32 Å². The van der Waals surface area contributed by atoms with Crippen LogP contribution in [0.25, 0.3) is 0 Å². The van der Waals surface area contributed by atoms with Crippen molar-refractivity contribution in [2.45, 2.75) is 13.5 Å². The van der Waals surface area contributed by atoms with E-state index in [2.05, 4.69) is 15.6 Å². The maximum absolute atomic E-state index is 11.5. The Labute approximate surface area is 123 Å². The normalized spacial score (nSPS) is 9.95. The quantitative estimate of drug-likeness (QED) is 0.786. The van der Waals surface area contributed by atoms with Gasteiger partial charge in [-0.2, -0.15) is 0 Å². The monoisotopic (exact) mass is 286 g/mol. The van der Waals surface area contributed by atoms with Crippen LogP contribution in [0.3, 0.4) is 0 Å². The van der Waals surface area contributed by atoms with Gasteiger partial charge in [-0.05, 0) is 24.6 Å². The van der Waals surface area contributed by atoms with E-state index >= 15 is 0 Å². The minimum atomic E-state index is -0.521. The highest BCUT2D eigenvalue weighted by molar-refractivity contribution is 5.88. The van der Waals surface area contributed by atoms with E-state index in [1.54, 1.807) is 19.1 Å². The predicted molar refractivity (Wildman–Crippen MR) is 83.1 cm³/mol. The summed E-state index contributed by atoms with van der Waals surface area (Å²) in [5.41, 5.74) is 7.32. The molecule has 0 atom stereocenters. The Morgan fingerprint density at radius 2 is 2.00 bits per heavy atom. The average molecular weight is 286 g/mol. The lowest BCUT2D eigenvalue weighted by molar-refractivity contribution is 0.168. The maximum atomic E-state index is 11.5. The van der Waals surface area contributed by atoms with Gasteiger partial charge < -0.3 is 15.8 Å². The van der Waals surface area contributed by atoms with Gasteiger partial charge >= 0.3 is 6.09 Å². The molecule has 0 spiro atoms. The number of amides is 1. The number of hydrogen-bond acceptors (Lipinski definition) is 5. The molecular weight excluding hydrogens is 268 g/mol. The average Bonchev–Trinajstić information content (AvgIpc) is 2.49. The second-order valence-corrected chi connectivity index (χ2v) is 4.32. The van der Waals surface area contributed by atoms with E-state index in [9.17, 15) is 4.79 Å². The van der Waals surface area contributed by atoms with Gasteiger partial charge in [-0.25, -0.2) is 9.78 Å². The molecule has 0 fully saturated rings. The van der Waals surface area contributed by atoms with Crippen molar-refractivity contribution in [1.29, 1.82) is 0 Å². The summed E-state index contributed by atoms with van der Waals surface area (Å²) < 4.78 is 4.86. The first-order chi connectivity index (χ1) is 10.2. The van der Waals surface area contributed by atoms with Crippen molar-refractivity contribution in [2.24, 2.45) is 0 Å². The molecule has 2 rings (SSSR count). The molecule has 1 aromatic heterocycles. The first-order valence-electron chi connectivity index (χ1n) is 6.67. The number of nitrogens with zero attached hydrogens (tertiary/aromatic N) is 1. The highest BCUT2D eigenvalue weighted by Gasteiger charge is 2.09. The largest absolute Gasteiger partial charge is 0.450 e. The van der Waals surface area contributed by atoms with Crippen molar-refractivity contribution in [2.75, 3.05) is 23.0 Å².